The molecule has 2 atom stereocenters. The molecule has 2 saturated carbocycles. The van der Waals surface area contributed by atoms with Gasteiger partial charge in [0.05, 0.1) is 11.7 Å². The maximum absolute atomic E-state index is 6.45. The Bertz CT molecular complexity index is 241. The molecule has 0 N–H and O–H groups in total. The van der Waals surface area contributed by atoms with Gasteiger partial charge in [-0.3, -0.25) is 0 Å². The Morgan fingerprint density at radius 2 is 1.73 bits per heavy atom. The van der Waals surface area contributed by atoms with Crippen LogP contribution >= 0.6 is 15.9 Å². The van der Waals surface area contributed by atoms with Crippen LogP contribution in [-0.4, -0.2) is 17.0 Å². The molecule has 2 aliphatic carbocycles. The molecule has 2 spiro atoms. The Morgan fingerprint density at radius 3 is 2.40 bits per heavy atom. The highest BCUT2D eigenvalue weighted by Crippen LogP contribution is 2.62. The van der Waals surface area contributed by atoms with Crippen LogP contribution in [0.25, 0.3) is 0 Å². The van der Waals surface area contributed by atoms with Crippen molar-refractivity contribution in [3.63, 3.8) is 0 Å². The van der Waals surface area contributed by atoms with Crippen LogP contribution in [0.15, 0.2) is 0 Å². The van der Waals surface area contributed by atoms with Crippen LogP contribution < -0.4 is 0 Å². The average molecular weight is 273 g/mol. The van der Waals surface area contributed by atoms with Crippen LogP contribution in [0, 0.1) is 5.41 Å². The molecule has 3 rings (SSSR count). The maximum Gasteiger partial charge on any atom is 0.0743 e. The predicted octanol–water partition coefficient (Wildman–Crippen LogP) is 4.04. The third-order valence-electron chi connectivity index (χ3n) is 5.20. The fourth-order valence-electron chi connectivity index (χ4n) is 4.48. The lowest BCUT2D eigenvalue weighted by molar-refractivity contribution is -0.102. The largest absolute Gasteiger partial charge is 0.370 e. The van der Waals surface area contributed by atoms with Gasteiger partial charge in [-0.05, 0) is 50.4 Å². The lowest BCUT2D eigenvalue weighted by Gasteiger charge is -2.41. The van der Waals surface area contributed by atoms with E-state index in [0.29, 0.717) is 17.1 Å². The van der Waals surface area contributed by atoms with Gasteiger partial charge in [-0.15, -0.1) is 0 Å². The SMILES string of the molecule is BrCC1CCC2(CCCC23CCCC3)O1. The molecule has 0 aromatic carbocycles. The Balaban J connectivity index is 1.84. The summed E-state index contributed by atoms with van der Waals surface area (Å²) in [5, 5.41) is 1.03. The molecule has 2 heteroatoms. The molecule has 3 aliphatic rings. The second kappa shape index (κ2) is 3.73. The summed E-state index contributed by atoms with van der Waals surface area (Å²) in [6.45, 7) is 0. The van der Waals surface area contributed by atoms with Crippen molar-refractivity contribution in [1.82, 2.24) is 0 Å². The highest BCUT2D eigenvalue weighted by atomic mass is 79.9. The summed E-state index contributed by atoms with van der Waals surface area (Å²) in [5.74, 6) is 0. The number of alkyl halides is 1. The molecule has 0 aromatic heterocycles. The fourth-order valence-corrected chi connectivity index (χ4v) is 4.93. The topological polar surface area (TPSA) is 9.23 Å². The summed E-state index contributed by atoms with van der Waals surface area (Å²) in [5.41, 5.74) is 0.909. The van der Waals surface area contributed by atoms with E-state index >= 15 is 0 Å². The summed E-state index contributed by atoms with van der Waals surface area (Å²) in [4.78, 5) is 0. The summed E-state index contributed by atoms with van der Waals surface area (Å²) in [6, 6.07) is 0. The number of rotatable bonds is 1. The van der Waals surface area contributed by atoms with Gasteiger partial charge in [0, 0.05) is 5.33 Å². The van der Waals surface area contributed by atoms with Gasteiger partial charge in [0.2, 0.25) is 0 Å². The van der Waals surface area contributed by atoms with E-state index in [0.717, 1.165) is 5.33 Å². The molecule has 1 heterocycles. The predicted molar refractivity (Wildman–Crippen MR) is 65.4 cm³/mol. The third kappa shape index (κ3) is 1.44. The van der Waals surface area contributed by atoms with Crippen molar-refractivity contribution in [2.45, 2.75) is 69.5 Å². The van der Waals surface area contributed by atoms with Crippen molar-refractivity contribution in [1.29, 1.82) is 0 Å². The summed E-state index contributed by atoms with van der Waals surface area (Å²) >= 11 is 3.58. The van der Waals surface area contributed by atoms with E-state index in [4.69, 9.17) is 4.74 Å². The number of hydrogen-bond acceptors (Lipinski definition) is 1. The first-order chi connectivity index (χ1) is 7.30. The summed E-state index contributed by atoms with van der Waals surface area (Å²) < 4.78 is 6.45. The van der Waals surface area contributed by atoms with Gasteiger partial charge in [0.15, 0.2) is 0 Å². The second-order valence-electron chi connectivity index (χ2n) is 5.77. The highest BCUT2D eigenvalue weighted by Gasteiger charge is 2.59. The van der Waals surface area contributed by atoms with E-state index in [-0.39, 0.29) is 0 Å². The van der Waals surface area contributed by atoms with Crippen molar-refractivity contribution < 1.29 is 4.74 Å². The van der Waals surface area contributed by atoms with Crippen LogP contribution in [0.3, 0.4) is 0 Å². The molecule has 3 fully saturated rings. The van der Waals surface area contributed by atoms with Crippen molar-refractivity contribution >= 4 is 15.9 Å². The van der Waals surface area contributed by atoms with E-state index in [1.54, 1.807) is 0 Å². The highest BCUT2D eigenvalue weighted by molar-refractivity contribution is 9.09. The molecule has 0 amide bonds. The smallest absolute Gasteiger partial charge is 0.0743 e. The van der Waals surface area contributed by atoms with Gasteiger partial charge in [0.1, 0.15) is 0 Å². The Kier molecular flexibility index (Phi) is 2.63. The Hall–Kier alpha value is 0.440. The van der Waals surface area contributed by atoms with Gasteiger partial charge < -0.3 is 4.74 Å². The van der Waals surface area contributed by atoms with E-state index in [1.165, 1.54) is 57.8 Å². The first-order valence-electron chi connectivity index (χ1n) is 6.54. The normalized spacial score (nSPS) is 43.4. The number of ether oxygens (including phenoxy) is 1. The van der Waals surface area contributed by atoms with Crippen LogP contribution in [0.2, 0.25) is 0 Å². The number of hydrogen-bond donors (Lipinski definition) is 0. The zero-order valence-corrected chi connectivity index (χ0v) is 11.0. The lowest BCUT2D eigenvalue weighted by Crippen LogP contribution is -2.42. The second-order valence-corrected chi connectivity index (χ2v) is 6.42. The average Bonchev–Trinajstić information content (AvgIpc) is 2.93. The molecule has 15 heavy (non-hydrogen) atoms. The van der Waals surface area contributed by atoms with Gasteiger partial charge in [-0.25, -0.2) is 0 Å². The molecule has 1 aliphatic heterocycles. The minimum atomic E-state index is 0.307. The van der Waals surface area contributed by atoms with Gasteiger partial charge in [-0.2, -0.15) is 0 Å². The van der Waals surface area contributed by atoms with E-state index in [2.05, 4.69) is 15.9 Å². The van der Waals surface area contributed by atoms with Crippen molar-refractivity contribution in [3.05, 3.63) is 0 Å². The zero-order chi connectivity index (χ0) is 10.4. The van der Waals surface area contributed by atoms with Crippen molar-refractivity contribution in [2.75, 3.05) is 5.33 Å². The molecule has 1 nitrogen and oxygen atoms in total. The van der Waals surface area contributed by atoms with Crippen LogP contribution in [-0.2, 0) is 4.74 Å². The van der Waals surface area contributed by atoms with Crippen LogP contribution in [0.5, 0.6) is 0 Å². The van der Waals surface area contributed by atoms with E-state index < -0.39 is 0 Å². The first kappa shape index (κ1) is 10.6. The molecule has 86 valence electrons. The van der Waals surface area contributed by atoms with Crippen molar-refractivity contribution in [2.24, 2.45) is 5.41 Å². The van der Waals surface area contributed by atoms with Crippen LogP contribution in [0.1, 0.15) is 57.8 Å². The minimum Gasteiger partial charge on any atom is -0.370 e. The van der Waals surface area contributed by atoms with Crippen molar-refractivity contribution in [3.8, 4) is 0 Å². The zero-order valence-electron chi connectivity index (χ0n) is 9.43. The standard InChI is InChI=1S/C13H21BrO/c14-10-11-4-9-13(15-11)8-3-7-12(13)5-1-2-6-12/h11H,1-10H2. The monoisotopic (exact) mass is 272 g/mol. The lowest BCUT2D eigenvalue weighted by atomic mass is 9.71. The fraction of sp³-hybridized carbons (Fsp3) is 1.00. The molecular formula is C13H21BrO. The minimum absolute atomic E-state index is 0.307. The summed E-state index contributed by atoms with van der Waals surface area (Å²) in [7, 11) is 0. The molecule has 1 saturated heterocycles. The van der Waals surface area contributed by atoms with Gasteiger partial charge >= 0.3 is 0 Å². The first-order valence-corrected chi connectivity index (χ1v) is 7.66. The van der Waals surface area contributed by atoms with Gasteiger partial charge in [-0.1, -0.05) is 28.8 Å². The number of halogens is 1. The molecule has 2 unspecified atom stereocenters. The quantitative estimate of drug-likeness (QED) is 0.655. The molecular weight excluding hydrogens is 252 g/mol. The summed E-state index contributed by atoms with van der Waals surface area (Å²) in [6.07, 6.45) is 13.1. The Morgan fingerprint density at radius 1 is 1.00 bits per heavy atom. The molecule has 0 bridgehead atoms. The Labute approximate surface area is 101 Å². The maximum atomic E-state index is 6.45. The number of fused-ring (bicyclic) bond motifs is 1. The molecule has 0 aromatic rings. The van der Waals surface area contributed by atoms with E-state index in [1.807, 2.05) is 0 Å². The van der Waals surface area contributed by atoms with E-state index in [9.17, 15) is 0 Å². The van der Waals surface area contributed by atoms with Crippen LogP contribution in [0.4, 0.5) is 0 Å². The molecule has 0 radical (unpaired) electrons. The van der Waals surface area contributed by atoms with Gasteiger partial charge in [0.25, 0.3) is 0 Å². The third-order valence-corrected chi connectivity index (χ3v) is 5.92.